The molecule has 0 unspecified atom stereocenters. The van der Waals surface area contributed by atoms with Crippen molar-refractivity contribution in [1.29, 1.82) is 0 Å². The van der Waals surface area contributed by atoms with E-state index in [4.69, 9.17) is 11.5 Å². The highest BCUT2D eigenvalue weighted by atomic mass is 16.4. The highest BCUT2D eigenvalue weighted by molar-refractivity contribution is 5.85. The summed E-state index contributed by atoms with van der Waals surface area (Å²) >= 11 is 0. The van der Waals surface area contributed by atoms with E-state index in [1.807, 2.05) is 18.7 Å². The summed E-state index contributed by atoms with van der Waals surface area (Å²) in [4.78, 5) is 16.5. The second-order valence-corrected chi connectivity index (χ2v) is 3.63. The molecule has 84 valence electrons. The third-order valence-electron chi connectivity index (χ3n) is 2.18. The van der Waals surface area contributed by atoms with Crippen LogP contribution in [0.1, 0.15) is 24.3 Å². The Balaban J connectivity index is 2.95. The lowest BCUT2D eigenvalue weighted by Crippen LogP contribution is -2.31. The van der Waals surface area contributed by atoms with Gasteiger partial charge in [0.2, 0.25) is 0 Å². The number of carbonyl (C=O) groups is 1. The van der Waals surface area contributed by atoms with Crippen LogP contribution in [0.4, 0.5) is 5.69 Å². The molecule has 0 fully saturated rings. The maximum Gasteiger partial charge on any atom is 0.354 e. The lowest BCUT2D eigenvalue weighted by Gasteiger charge is -2.26. The summed E-state index contributed by atoms with van der Waals surface area (Å²) in [6.45, 7) is 4.51. The fraction of sp³-hybridized carbons (Fsp3) is 0.333. The molecule has 0 spiro atoms. The topological polar surface area (TPSA) is 53.4 Å². The van der Waals surface area contributed by atoms with Crippen LogP contribution in [0.3, 0.4) is 0 Å². The van der Waals surface area contributed by atoms with Gasteiger partial charge < -0.3 is 10.0 Å². The van der Waals surface area contributed by atoms with Gasteiger partial charge in [-0.05, 0) is 26.0 Å². The Morgan fingerprint density at radius 1 is 1.62 bits per heavy atom. The zero-order chi connectivity index (χ0) is 12.1. The first-order valence-corrected chi connectivity index (χ1v) is 4.95. The Hall–Kier alpha value is -2.02. The Labute approximate surface area is 94.9 Å². The van der Waals surface area contributed by atoms with Crippen molar-refractivity contribution in [2.45, 2.75) is 19.9 Å². The van der Waals surface area contributed by atoms with Crippen LogP contribution < -0.4 is 4.90 Å². The molecule has 0 radical (unpaired) electrons. The normalized spacial score (nSPS) is 9.88. The fourth-order valence-corrected chi connectivity index (χ4v) is 1.35. The van der Waals surface area contributed by atoms with E-state index in [-0.39, 0.29) is 11.7 Å². The van der Waals surface area contributed by atoms with Crippen LogP contribution in [0, 0.1) is 12.3 Å². The van der Waals surface area contributed by atoms with Gasteiger partial charge in [-0.3, -0.25) is 0 Å². The number of aromatic nitrogens is 1. The van der Waals surface area contributed by atoms with Gasteiger partial charge in [0.25, 0.3) is 0 Å². The summed E-state index contributed by atoms with van der Waals surface area (Å²) in [5, 5.41) is 8.72. The highest BCUT2D eigenvalue weighted by Gasteiger charge is 2.11. The number of pyridine rings is 1. The van der Waals surface area contributed by atoms with Crippen LogP contribution in [-0.2, 0) is 0 Å². The van der Waals surface area contributed by atoms with Crippen molar-refractivity contribution in [1.82, 2.24) is 4.98 Å². The van der Waals surface area contributed by atoms with Gasteiger partial charge in [-0.1, -0.05) is 5.92 Å². The molecule has 0 bridgehead atoms. The van der Waals surface area contributed by atoms with E-state index >= 15 is 0 Å². The molecule has 0 saturated carbocycles. The number of terminal acetylenes is 1. The van der Waals surface area contributed by atoms with E-state index in [9.17, 15) is 4.79 Å². The summed E-state index contributed by atoms with van der Waals surface area (Å²) < 4.78 is 0. The number of carboxylic acids is 1. The smallest absolute Gasteiger partial charge is 0.354 e. The summed E-state index contributed by atoms with van der Waals surface area (Å²) in [7, 11) is 0. The molecule has 1 aromatic heterocycles. The van der Waals surface area contributed by atoms with E-state index in [1.165, 1.54) is 12.3 Å². The molecule has 0 aromatic carbocycles. The Morgan fingerprint density at radius 2 is 2.31 bits per heavy atom. The Morgan fingerprint density at radius 3 is 2.69 bits per heavy atom. The van der Waals surface area contributed by atoms with Gasteiger partial charge in [0.05, 0.1) is 18.4 Å². The third-order valence-corrected chi connectivity index (χ3v) is 2.18. The quantitative estimate of drug-likeness (QED) is 0.780. The number of rotatable bonds is 4. The summed E-state index contributed by atoms with van der Waals surface area (Å²) in [6.07, 6.45) is 6.81. The number of hydrogen-bond acceptors (Lipinski definition) is 3. The molecule has 1 rings (SSSR count). The number of aromatic carboxylic acids is 1. The van der Waals surface area contributed by atoms with Crippen molar-refractivity contribution in [3.63, 3.8) is 0 Å². The second kappa shape index (κ2) is 5.17. The molecular formula is C12H14N2O2. The molecule has 0 aliphatic heterocycles. The molecule has 0 amide bonds. The largest absolute Gasteiger partial charge is 0.477 e. The summed E-state index contributed by atoms with van der Waals surface area (Å²) in [6, 6.07) is 3.44. The van der Waals surface area contributed by atoms with Gasteiger partial charge in [-0.15, -0.1) is 6.42 Å². The van der Waals surface area contributed by atoms with Gasteiger partial charge in [-0.2, -0.15) is 0 Å². The third kappa shape index (κ3) is 2.74. The number of nitrogens with zero attached hydrogens (tertiary/aromatic N) is 2. The molecule has 4 heteroatoms. The van der Waals surface area contributed by atoms with Crippen molar-refractivity contribution in [3.05, 3.63) is 24.0 Å². The molecule has 0 atom stereocenters. The van der Waals surface area contributed by atoms with Gasteiger partial charge >= 0.3 is 5.97 Å². The minimum absolute atomic E-state index is 0.0353. The molecular weight excluding hydrogens is 204 g/mol. The first kappa shape index (κ1) is 12.1. The second-order valence-electron chi connectivity index (χ2n) is 3.63. The SMILES string of the molecule is C#CCN(c1ccc(C(=O)O)nc1)C(C)C. The Bertz CT molecular complexity index is 404. The average molecular weight is 218 g/mol. The monoisotopic (exact) mass is 218 g/mol. The molecule has 1 aromatic rings. The van der Waals surface area contributed by atoms with E-state index in [0.717, 1.165) is 5.69 Å². The van der Waals surface area contributed by atoms with Gasteiger partial charge in [0.15, 0.2) is 0 Å². The van der Waals surface area contributed by atoms with Crippen LogP contribution in [0.5, 0.6) is 0 Å². The minimum Gasteiger partial charge on any atom is -0.477 e. The van der Waals surface area contributed by atoms with E-state index in [2.05, 4.69) is 10.9 Å². The minimum atomic E-state index is -1.03. The maximum absolute atomic E-state index is 10.6. The Kier molecular flexibility index (Phi) is 3.90. The van der Waals surface area contributed by atoms with Crippen molar-refractivity contribution in [2.24, 2.45) is 0 Å². The van der Waals surface area contributed by atoms with Crippen LogP contribution in [0.25, 0.3) is 0 Å². The lowest BCUT2D eigenvalue weighted by atomic mass is 10.2. The number of carboxylic acid groups (broad SMARTS) is 1. The summed E-state index contributed by atoms with van der Waals surface area (Å²) in [5.74, 6) is 1.54. The van der Waals surface area contributed by atoms with Crippen molar-refractivity contribution in [2.75, 3.05) is 11.4 Å². The molecule has 0 saturated heterocycles. The molecule has 1 N–H and O–H groups in total. The predicted molar refractivity (Wildman–Crippen MR) is 62.5 cm³/mol. The van der Waals surface area contributed by atoms with Gasteiger partial charge in [0.1, 0.15) is 5.69 Å². The number of hydrogen-bond donors (Lipinski definition) is 1. The molecule has 0 aliphatic rings. The van der Waals surface area contributed by atoms with Crippen LogP contribution in [0.15, 0.2) is 18.3 Å². The van der Waals surface area contributed by atoms with Crippen LogP contribution in [0.2, 0.25) is 0 Å². The fourth-order valence-electron chi connectivity index (χ4n) is 1.35. The zero-order valence-corrected chi connectivity index (χ0v) is 9.34. The van der Waals surface area contributed by atoms with Gasteiger partial charge in [-0.25, -0.2) is 9.78 Å². The average Bonchev–Trinajstić information content (AvgIpc) is 2.25. The molecule has 4 nitrogen and oxygen atoms in total. The molecule has 1 heterocycles. The predicted octanol–water partition coefficient (Wildman–Crippen LogP) is 1.63. The van der Waals surface area contributed by atoms with Crippen molar-refractivity contribution < 1.29 is 9.90 Å². The zero-order valence-electron chi connectivity index (χ0n) is 9.34. The highest BCUT2D eigenvalue weighted by Crippen LogP contribution is 2.15. The van der Waals surface area contributed by atoms with E-state index < -0.39 is 5.97 Å². The van der Waals surface area contributed by atoms with Crippen molar-refractivity contribution >= 4 is 11.7 Å². The van der Waals surface area contributed by atoms with E-state index in [0.29, 0.717) is 6.54 Å². The molecule has 0 aliphatic carbocycles. The maximum atomic E-state index is 10.6. The standard InChI is InChI=1S/C12H14N2O2/c1-4-7-14(9(2)3)10-5-6-11(12(15)16)13-8-10/h1,5-6,8-9H,7H2,2-3H3,(H,15,16). The van der Waals surface area contributed by atoms with E-state index in [1.54, 1.807) is 6.07 Å². The summed E-state index contributed by atoms with van der Waals surface area (Å²) in [5.41, 5.74) is 0.867. The van der Waals surface area contributed by atoms with Crippen molar-refractivity contribution in [3.8, 4) is 12.3 Å². The lowest BCUT2D eigenvalue weighted by molar-refractivity contribution is 0.0690. The first-order valence-electron chi connectivity index (χ1n) is 4.95. The van der Waals surface area contributed by atoms with Crippen LogP contribution >= 0.6 is 0 Å². The first-order chi connectivity index (χ1) is 7.56. The van der Waals surface area contributed by atoms with Crippen LogP contribution in [-0.4, -0.2) is 28.6 Å². The molecule has 16 heavy (non-hydrogen) atoms. The van der Waals surface area contributed by atoms with Gasteiger partial charge in [0, 0.05) is 6.04 Å². The number of anilines is 1.